The van der Waals surface area contributed by atoms with E-state index in [1.165, 1.54) is 5.48 Å². The predicted molar refractivity (Wildman–Crippen MR) is 65.5 cm³/mol. The third kappa shape index (κ3) is 1.74. The molecule has 0 saturated carbocycles. The van der Waals surface area contributed by atoms with E-state index in [0.29, 0.717) is 6.42 Å². The van der Waals surface area contributed by atoms with Crippen LogP contribution in [0.2, 0.25) is 0 Å². The Labute approximate surface area is 103 Å². The third-order valence-electron chi connectivity index (χ3n) is 3.02. The summed E-state index contributed by atoms with van der Waals surface area (Å²) in [6, 6.07) is 11.3. The summed E-state index contributed by atoms with van der Waals surface area (Å²) in [5.74, 6) is 0.802. The van der Waals surface area contributed by atoms with Gasteiger partial charge in [0.05, 0.1) is 0 Å². The molecule has 1 atom stereocenters. The number of hydrogen-bond acceptors (Lipinski definition) is 3. The lowest BCUT2D eigenvalue weighted by Crippen LogP contribution is -2.43. The Kier molecular flexibility index (Phi) is 2.53. The van der Waals surface area contributed by atoms with Crippen LogP contribution in [-0.4, -0.2) is 17.5 Å². The molecule has 3 rings (SSSR count). The van der Waals surface area contributed by atoms with Crippen molar-refractivity contribution in [2.75, 3.05) is 0 Å². The Morgan fingerprint density at radius 3 is 2.94 bits per heavy atom. The summed E-state index contributed by atoms with van der Waals surface area (Å²) in [6.45, 7) is 0. The largest absolute Gasteiger partial charge is 0.469 e. The fourth-order valence-electron chi connectivity index (χ4n) is 2.23. The molecule has 0 aromatic heterocycles. The number of amides is 2. The number of rotatable bonds is 1. The van der Waals surface area contributed by atoms with Gasteiger partial charge in [0.15, 0.2) is 6.23 Å². The van der Waals surface area contributed by atoms with Gasteiger partial charge in [-0.05, 0) is 5.39 Å². The zero-order chi connectivity index (χ0) is 12.5. The molecule has 2 aromatic carbocycles. The lowest BCUT2D eigenvalue weighted by Gasteiger charge is -2.12. The van der Waals surface area contributed by atoms with Crippen LogP contribution >= 0.6 is 0 Å². The van der Waals surface area contributed by atoms with E-state index < -0.39 is 12.3 Å². The molecule has 0 saturated heterocycles. The van der Waals surface area contributed by atoms with Crippen LogP contribution in [0.5, 0.6) is 5.75 Å². The molecule has 2 amide bonds. The molecular weight excluding hydrogens is 232 g/mol. The van der Waals surface area contributed by atoms with Gasteiger partial charge in [0.1, 0.15) is 5.75 Å². The number of ether oxygens (including phenoxy) is 1. The second-order valence-electron chi connectivity index (χ2n) is 4.17. The highest BCUT2D eigenvalue weighted by Gasteiger charge is 2.25. The first-order valence-corrected chi connectivity index (χ1v) is 5.66. The molecule has 18 heavy (non-hydrogen) atoms. The van der Waals surface area contributed by atoms with E-state index in [2.05, 4.69) is 5.32 Å². The molecule has 0 aliphatic carbocycles. The lowest BCUT2D eigenvalue weighted by molar-refractivity contribution is 0.138. The molecule has 0 spiro atoms. The summed E-state index contributed by atoms with van der Waals surface area (Å²) in [7, 11) is 0. The molecule has 0 radical (unpaired) electrons. The quantitative estimate of drug-likeness (QED) is 0.529. The van der Waals surface area contributed by atoms with Crippen molar-refractivity contribution in [3.8, 4) is 5.75 Å². The van der Waals surface area contributed by atoms with Crippen molar-refractivity contribution in [2.45, 2.75) is 12.6 Å². The monoisotopic (exact) mass is 244 g/mol. The minimum absolute atomic E-state index is 0.446. The minimum atomic E-state index is -0.669. The van der Waals surface area contributed by atoms with Crippen molar-refractivity contribution in [1.29, 1.82) is 0 Å². The van der Waals surface area contributed by atoms with E-state index in [-0.39, 0.29) is 0 Å². The van der Waals surface area contributed by atoms with Gasteiger partial charge in [0.2, 0.25) is 0 Å². The number of urea groups is 1. The minimum Gasteiger partial charge on any atom is -0.469 e. The summed E-state index contributed by atoms with van der Waals surface area (Å²) < 4.78 is 5.71. The van der Waals surface area contributed by atoms with Crippen LogP contribution in [0.15, 0.2) is 36.4 Å². The molecule has 0 bridgehead atoms. The number of fused-ring (bicyclic) bond motifs is 3. The van der Waals surface area contributed by atoms with Crippen LogP contribution < -0.4 is 15.5 Å². The van der Waals surface area contributed by atoms with Gasteiger partial charge in [-0.25, -0.2) is 10.3 Å². The topological polar surface area (TPSA) is 70.6 Å². The van der Waals surface area contributed by atoms with Crippen molar-refractivity contribution in [3.63, 3.8) is 0 Å². The zero-order valence-electron chi connectivity index (χ0n) is 9.51. The van der Waals surface area contributed by atoms with E-state index in [1.807, 2.05) is 36.4 Å². The predicted octanol–water partition coefficient (Wildman–Crippen LogP) is 1.79. The maximum Gasteiger partial charge on any atom is 0.341 e. The van der Waals surface area contributed by atoms with Crippen LogP contribution in [0, 0.1) is 0 Å². The summed E-state index contributed by atoms with van der Waals surface area (Å²) in [6.07, 6.45) is 0.145. The highest BCUT2D eigenvalue weighted by molar-refractivity contribution is 5.90. The third-order valence-corrected chi connectivity index (χ3v) is 3.02. The Morgan fingerprint density at radius 2 is 2.11 bits per heavy atom. The van der Waals surface area contributed by atoms with Crippen molar-refractivity contribution < 1.29 is 14.7 Å². The SMILES string of the molecule is O=C(NO)NC1Cc2ccc3ccccc3c2O1. The molecule has 1 unspecified atom stereocenters. The normalized spacial score (nSPS) is 17.1. The molecule has 1 aliphatic heterocycles. The molecular formula is C13H12N2O3. The van der Waals surface area contributed by atoms with Gasteiger partial charge in [0, 0.05) is 17.4 Å². The van der Waals surface area contributed by atoms with E-state index in [0.717, 1.165) is 22.1 Å². The van der Waals surface area contributed by atoms with Crippen LogP contribution in [0.1, 0.15) is 5.56 Å². The van der Waals surface area contributed by atoms with Gasteiger partial charge in [-0.1, -0.05) is 36.4 Å². The molecule has 1 aliphatic rings. The first-order valence-electron chi connectivity index (χ1n) is 5.66. The number of hydrogen-bond donors (Lipinski definition) is 3. The molecule has 0 fully saturated rings. The maximum absolute atomic E-state index is 11.0. The van der Waals surface area contributed by atoms with E-state index in [9.17, 15) is 4.79 Å². The van der Waals surface area contributed by atoms with Crippen molar-refractivity contribution in [1.82, 2.24) is 10.8 Å². The van der Waals surface area contributed by atoms with E-state index >= 15 is 0 Å². The molecule has 1 heterocycles. The second kappa shape index (κ2) is 4.19. The Bertz CT molecular complexity index is 612. The second-order valence-corrected chi connectivity index (χ2v) is 4.17. The summed E-state index contributed by atoms with van der Waals surface area (Å²) in [5, 5.41) is 13.1. The average molecular weight is 244 g/mol. The van der Waals surface area contributed by atoms with Crippen LogP contribution in [0.4, 0.5) is 4.79 Å². The number of nitrogens with one attached hydrogen (secondary N) is 2. The Morgan fingerprint density at radius 1 is 1.28 bits per heavy atom. The van der Waals surface area contributed by atoms with Gasteiger partial charge in [0.25, 0.3) is 0 Å². The fraction of sp³-hybridized carbons (Fsp3) is 0.154. The molecule has 2 aromatic rings. The first kappa shape index (κ1) is 10.9. The lowest BCUT2D eigenvalue weighted by atomic mass is 10.0. The van der Waals surface area contributed by atoms with Gasteiger partial charge >= 0.3 is 6.03 Å². The van der Waals surface area contributed by atoms with Gasteiger partial charge in [-0.2, -0.15) is 0 Å². The zero-order valence-corrected chi connectivity index (χ0v) is 9.51. The van der Waals surface area contributed by atoms with E-state index in [4.69, 9.17) is 9.94 Å². The Hall–Kier alpha value is -2.27. The first-order chi connectivity index (χ1) is 8.78. The molecule has 92 valence electrons. The summed E-state index contributed by atoms with van der Waals surface area (Å²) >= 11 is 0. The van der Waals surface area contributed by atoms with Crippen molar-refractivity contribution in [3.05, 3.63) is 42.0 Å². The standard InChI is InChI=1S/C13H12N2O3/c16-13(15-17)14-11-7-9-6-5-8-3-1-2-4-10(8)12(9)18-11/h1-6,11,17H,7H2,(H2,14,15,16). The number of carbonyl (C=O) groups excluding carboxylic acids is 1. The number of hydroxylamine groups is 1. The van der Waals surface area contributed by atoms with Crippen LogP contribution in [-0.2, 0) is 6.42 Å². The van der Waals surface area contributed by atoms with Gasteiger partial charge in [-0.15, -0.1) is 0 Å². The highest BCUT2D eigenvalue weighted by atomic mass is 16.5. The van der Waals surface area contributed by atoms with Gasteiger partial charge < -0.3 is 10.1 Å². The fourth-order valence-corrected chi connectivity index (χ4v) is 2.23. The van der Waals surface area contributed by atoms with Crippen LogP contribution in [0.3, 0.4) is 0 Å². The Balaban J connectivity index is 1.93. The van der Waals surface area contributed by atoms with Gasteiger partial charge in [-0.3, -0.25) is 5.21 Å². The smallest absolute Gasteiger partial charge is 0.341 e. The van der Waals surface area contributed by atoms with Crippen LogP contribution in [0.25, 0.3) is 10.8 Å². The van der Waals surface area contributed by atoms with E-state index in [1.54, 1.807) is 0 Å². The van der Waals surface area contributed by atoms with Crippen molar-refractivity contribution >= 4 is 16.8 Å². The number of carbonyl (C=O) groups is 1. The van der Waals surface area contributed by atoms with Crippen molar-refractivity contribution in [2.24, 2.45) is 0 Å². The summed E-state index contributed by atoms with van der Waals surface area (Å²) in [4.78, 5) is 11.0. The summed E-state index contributed by atoms with van der Waals surface area (Å²) in [5.41, 5.74) is 2.58. The molecule has 3 N–H and O–H groups in total. The average Bonchev–Trinajstić information content (AvgIpc) is 2.81. The molecule has 5 heteroatoms. The molecule has 5 nitrogen and oxygen atoms in total. The number of benzene rings is 2. The maximum atomic E-state index is 11.0. The highest BCUT2D eigenvalue weighted by Crippen LogP contribution is 2.35.